The van der Waals surface area contributed by atoms with Gasteiger partial charge in [0, 0.05) is 33.4 Å². The van der Waals surface area contributed by atoms with E-state index in [0.29, 0.717) is 27.4 Å². The van der Waals surface area contributed by atoms with E-state index in [1.54, 1.807) is 18.3 Å². The minimum absolute atomic E-state index is 0.0228. The van der Waals surface area contributed by atoms with Gasteiger partial charge in [0.05, 0.1) is 33.5 Å². The average Bonchev–Trinajstić information content (AvgIpc) is 3.35. The molecule has 3 aromatic heterocycles. The van der Waals surface area contributed by atoms with Gasteiger partial charge in [-0.1, -0.05) is 17.7 Å². The Morgan fingerprint density at radius 3 is 3.00 bits per heavy atom. The molecule has 1 N–H and O–H groups in total. The van der Waals surface area contributed by atoms with E-state index >= 15 is 0 Å². The molecule has 2 aromatic carbocycles. The molecular formula is C19H11ClN6O. The van der Waals surface area contributed by atoms with Gasteiger partial charge in [-0.3, -0.25) is 19.1 Å². The summed E-state index contributed by atoms with van der Waals surface area (Å²) in [5.74, 6) is 0. The summed E-state index contributed by atoms with van der Waals surface area (Å²) in [6.45, 7) is -2.56. The van der Waals surface area contributed by atoms with E-state index in [9.17, 15) is 10.1 Å². The van der Waals surface area contributed by atoms with Crippen LogP contribution in [0.15, 0.2) is 47.5 Å². The molecule has 0 amide bonds. The van der Waals surface area contributed by atoms with E-state index in [1.165, 1.54) is 22.9 Å². The van der Waals surface area contributed by atoms with Crippen LogP contribution < -0.4 is 5.56 Å². The monoisotopic (exact) mass is 377 g/mol. The van der Waals surface area contributed by atoms with Crippen molar-refractivity contribution in [2.24, 2.45) is 6.98 Å². The molecule has 130 valence electrons. The van der Waals surface area contributed by atoms with E-state index in [-0.39, 0.29) is 16.1 Å². The molecule has 0 bridgehead atoms. The molecule has 3 heterocycles. The number of hydrogen-bond acceptors (Lipinski definition) is 4. The molecule has 27 heavy (non-hydrogen) atoms. The average molecular weight is 378 g/mol. The van der Waals surface area contributed by atoms with Crippen LogP contribution in [0.4, 0.5) is 0 Å². The normalized spacial score (nSPS) is 13.6. The predicted molar refractivity (Wildman–Crippen MR) is 103 cm³/mol. The fraction of sp³-hybridized carbons (Fsp3) is 0.0526. The molecule has 0 aliphatic carbocycles. The van der Waals surface area contributed by atoms with Crippen LogP contribution in [0.1, 0.15) is 9.68 Å². The highest BCUT2D eigenvalue weighted by Crippen LogP contribution is 2.31. The molecule has 7 nitrogen and oxygen atoms in total. The quantitative estimate of drug-likeness (QED) is 0.485. The molecule has 0 atom stereocenters. The summed E-state index contributed by atoms with van der Waals surface area (Å²) in [5.41, 5.74) is 1.36. The highest BCUT2D eigenvalue weighted by Gasteiger charge is 2.18. The van der Waals surface area contributed by atoms with E-state index in [2.05, 4.69) is 15.3 Å². The van der Waals surface area contributed by atoms with Gasteiger partial charge in [-0.25, -0.2) is 0 Å². The number of halogens is 1. The fourth-order valence-corrected chi connectivity index (χ4v) is 3.58. The summed E-state index contributed by atoms with van der Waals surface area (Å²) in [5, 5.41) is 22.0. The summed E-state index contributed by atoms with van der Waals surface area (Å²) in [6.07, 6.45) is 2.89. The van der Waals surface area contributed by atoms with Gasteiger partial charge in [0.1, 0.15) is 6.07 Å². The minimum atomic E-state index is -2.56. The zero-order chi connectivity index (χ0) is 21.2. The Labute approximate surface area is 161 Å². The van der Waals surface area contributed by atoms with Gasteiger partial charge in [0.15, 0.2) is 5.52 Å². The Morgan fingerprint density at radius 2 is 2.19 bits per heavy atom. The van der Waals surface area contributed by atoms with Crippen molar-refractivity contribution in [1.29, 1.82) is 5.26 Å². The van der Waals surface area contributed by atoms with Crippen LogP contribution in [-0.2, 0) is 6.98 Å². The largest absolute Gasteiger partial charge is 0.284 e. The molecule has 0 saturated carbocycles. The lowest BCUT2D eigenvalue weighted by molar-refractivity contribution is 0.777. The van der Waals surface area contributed by atoms with E-state index in [0.717, 1.165) is 10.2 Å². The smallest absolute Gasteiger partial charge is 0.278 e. The number of benzene rings is 2. The number of aromatic nitrogens is 5. The first-order valence-corrected chi connectivity index (χ1v) is 8.28. The third-order valence-electron chi connectivity index (χ3n) is 4.56. The number of nitrogens with zero attached hydrogens (tertiary/aromatic N) is 5. The zero-order valence-electron chi connectivity index (χ0n) is 16.6. The molecule has 0 aliphatic rings. The Morgan fingerprint density at radius 1 is 1.30 bits per heavy atom. The molecule has 5 aromatic rings. The number of fused-ring (bicyclic) bond motifs is 4. The van der Waals surface area contributed by atoms with Crippen LogP contribution in [0.5, 0.6) is 0 Å². The van der Waals surface area contributed by atoms with Crippen molar-refractivity contribution in [3.63, 3.8) is 0 Å². The van der Waals surface area contributed by atoms with Crippen LogP contribution in [-0.4, -0.2) is 24.5 Å². The molecule has 0 fully saturated rings. The number of nitriles is 1. The second kappa shape index (κ2) is 5.43. The van der Waals surface area contributed by atoms with E-state index in [4.69, 9.17) is 15.7 Å². The molecule has 0 radical (unpaired) electrons. The van der Waals surface area contributed by atoms with Crippen molar-refractivity contribution in [2.45, 2.75) is 0 Å². The van der Waals surface area contributed by atoms with E-state index in [1.807, 2.05) is 12.1 Å². The SMILES string of the molecule is [2H]C([2H])([2H])n1cc2c(n1)c(=O)n(-c1cccc3[nH]ncc13)c1cc(Cl)c(C#N)cc21. The summed E-state index contributed by atoms with van der Waals surface area (Å²) < 4.78 is 25.1. The Bertz CT molecular complexity index is 1590. The maximum atomic E-state index is 13.5. The number of H-pyrrole nitrogens is 1. The molecule has 0 spiro atoms. The Hall–Kier alpha value is -3.63. The van der Waals surface area contributed by atoms with Gasteiger partial charge in [-0.15, -0.1) is 0 Å². The van der Waals surface area contributed by atoms with Crippen LogP contribution in [0.2, 0.25) is 5.02 Å². The Kier molecular flexibility index (Phi) is 2.55. The molecule has 0 saturated heterocycles. The molecular weight excluding hydrogens is 364 g/mol. The first-order valence-electron chi connectivity index (χ1n) is 9.40. The maximum Gasteiger partial charge on any atom is 0.284 e. The van der Waals surface area contributed by atoms with Crippen LogP contribution in [0, 0.1) is 11.3 Å². The fourth-order valence-electron chi connectivity index (χ4n) is 3.38. The number of hydrogen-bond donors (Lipinski definition) is 1. The number of rotatable bonds is 1. The van der Waals surface area contributed by atoms with Crippen molar-refractivity contribution < 1.29 is 4.11 Å². The standard InChI is InChI=1S/C19H11ClN6O/c1-25-9-13-11-5-10(7-21)14(20)6-17(11)26(19(27)18(13)24-25)16-4-2-3-15-12(16)8-22-23-15/h2-6,8-9H,1H3,(H,22,23)/i1D3. The van der Waals surface area contributed by atoms with Crippen LogP contribution in [0.25, 0.3) is 38.4 Å². The highest BCUT2D eigenvalue weighted by molar-refractivity contribution is 6.32. The lowest BCUT2D eigenvalue weighted by atomic mass is 10.1. The second-order valence-corrected chi connectivity index (χ2v) is 6.45. The minimum Gasteiger partial charge on any atom is -0.278 e. The van der Waals surface area contributed by atoms with Gasteiger partial charge in [-0.05, 0) is 24.3 Å². The van der Waals surface area contributed by atoms with Gasteiger partial charge in [0.2, 0.25) is 0 Å². The van der Waals surface area contributed by atoms with Gasteiger partial charge < -0.3 is 0 Å². The summed E-state index contributed by atoms with van der Waals surface area (Å²) >= 11 is 6.27. The highest BCUT2D eigenvalue weighted by atomic mass is 35.5. The Balaban J connectivity index is 2.03. The molecule has 8 heteroatoms. The van der Waals surface area contributed by atoms with Gasteiger partial charge in [0.25, 0.3) is 5.56 Å². The zero-order valence-corrected chi connectivity index (χ0v) is 14.3. The van der Waals surface area contributed by atoms with Crippen molar-refractivity contribution in [3.8, 4) is 11.8 Å². The molecule has 0 aliphatic heterocycles. The predicted octanol–water partition coefficient (Wildman–Crippen LogP) is 3.28. The van der Waals surface area contributed by atoms with Crippen LogP contribution >= 0.6 is 11.6 Å². The first kappa shape index (κ1) is 12.7. The molecule has 5 rings (SSSR count). The number of aromatic amines is 1. The third kappa shape index (κ3) is 2.11. The third-order valence-corrected chi connectivity index (χ3v) is 4.87. The van der Waals surface area contributed by atoms with Gasteiger partial charge >= 0.3 is 0 Å². The lowest BCUT2D eigenvalue weighted by Gasteiger charge is -2.13. The van der Waals surface area contributed by atoms with Crippen molar-refractivity contribution in [3.05, 3.63) is 63.7 Å². The second-order valence-electron chi connectivity index (χ2n) is 6.05. The summed E-state index contributed by atoms with van der Waals surface area (Å²) in [7, 11) is 0. The van der Waals surface area contributed by atoms with E-state index < -0.39 is 12.5 Å². The summed E-state index contributed by atoms with van der Waals surface area (Å²) in [6, 6.07) is 10.4. The maximum absolute atomic E-state index is 13.5. The number of aryl methyl sites for hydroxylation is 1. The van der Waals surface area contributed by atoms with Gasteiger partial charge in [-0.2, -0.15) is 15.5 Å². The molecule has 0 unspecified atom stereocenters. The van der Waals surface area contributed by atoms with Crippen LogP contribution in [0.3, 0.4) is 0 Å². The summed E-state index contributed by atoms with van der Waals surface area (Å²) in [4.78, 5) is 13.5. The lowest BCUT2D eigenvalue weighted by Crippen LogP contribution is -2.19. The number of nitrogens with one attached hydrogen (secondary N) is 1. The van der Waals surface area contributed by atoms with Crippen molar-refractivity contribution in [1.82, 2.24) is 24.5 Å². The van der Waals surface area contributed by atoms with Crippen molar-refractivity contribution in [2.75, 3.05) is 0 Å². The van der Waals surface area contributed by atoms with Crippen molar-refractivity contribution >= 4 is 44.3 Å². The first-order chi connectivity index (χ1) is 14.3. The number of pyridine rings is 1. The topological polar surface area (TPSA) is 92.3 Å².